The molecular formula is C14H20O2. The van der Waals surface area contributed by atoms with Crippen LogP contribution in [0.25, 0.3) is 0 Å². The lowest BCUT2D eigenvalue weighted by atomic mass is 9.69. The Morgan fingerprint density at radius 2 is 0.938 bits per heavy atom. The smallest absolute Gasteiger partial charge is 0.140 e. The second-order valence-electron chi connectivity index (χ2n) is 6.38. The van der Waals surface area contributed by atoms with Crippen LogP contribution in [-0.4, -0.2) is 11.6 Å². The Labute approximate surface area is 96.8 Å². The van der Waals surface area contributed by atoms with Crippen LogP contribution in [-0.2, 0) is 9.59 Å². The van der Waals surface area contributed by atoms with Gasteiger partial charge in [-0.3, -0.25) is 9.59 Å². The van der Waals surface area contributed by atoms with E-state index in [1.165, 1.54) is 0 Å². The minimum Gasteiger partial charge on any atom is -0.299 e. The normalized spacial score (nSPS) is 51.6. The fourth-order valence-electron chi connectivity index (χ4n) is 4.39. The van der Waals surface area contributed by atoms with E-state index in [4.69, 9.17) is 0 Å². The molecule has 3 saturated carbocycles. The maximum absolute atomic E-state index is 12.4. The minimum absolute atomic E-state index is 0.0917. The second-order valence-corrected chi connectivity index (χ2v) is 6.38. The largest absolute Gasteiger partial charge is 0.299 e. The SMILES string of the molecule is CC1CC2C(=O)C3CC(C)CC3C(=O)C2C1. The molecule has 0 N–H and O–H groups in total. The van der Waals surface area contributed by atoms with Gasteiger partial charge in [0.15, 0.2) is 0 Å². The average Bonchev–Trinajstić information content (AvgIpc) is 2.78. The Morgan fingerprint density at radius 1 is 0.688 bits per heavy atom. The molecule has 2 nitrogen and oxygen atoms in total. The van der Waals surface area contributed by atoms with Crippen molar-refractivity contribution in [2.75, 3.05) is 0 Å². The second kappa shape index (κ2) is 3.41. The summed E-state index contributed by atoms with van der Waals surface area (Å²) in [7, 11) is 0. The number of carbonyl (C=O) groups is 2. The Hall–Kier alpha value is -0.660. The Balaban J connectivity index is 1.92. The summed E-state index contributed by atoms with van der Waals surface area (Å²) < 4.78 is 0. The average molecular weight is 220 g/mol. The van der Waals surface area contributed by atoms with Crippen molar-refractivity contribution >= 4 is 11.6 Å². The van der Waals surface area contributed by atoms with Crippen molar-refractivity contribution in [2.24, 2.45) is 35.5 Å². The van der Waals surface area contributed by atoms with Gasteiger partial charge in [-0.2, -0.15) is 0 Å². The van der Waals surface area contributed by atoms with Crippen LogP contribution in [0, 0.1) is 35.5 Å². The quantitative estimate of drug-likeness (QED) is 0.628. The highest BCUT2D eigenvalue weighted by molar-refractivity contribution is 6.00. The summed E-state index contributed by atoms with van der Waals surface area (Å²) in [5.41, 5.74) is 0. The van der Waals surface area contributed by atoms with Gasteiger partial charge in [0.25, 0.3) is 0 Å². The fourth-order valence-corrected chi connectivity index (χ4v) is 4.39. The first-order valence-electron chi connectivity index (χ1n) is 6.65. The molecule has 0 radical (unpaired) electrons. The third kappa shape index (κ3) is 1.31. The monoisotopic (exact) mass is 220 g/mol. The third-order valence-electron chi connectivity index (χ3n) is 5.06. The summed E-state index contributed by atoms with van der Waals surface area (Å²) >= 11 is 0. The number of fused-ring (bicyclic) bond motifs is 2. The highest BCUT2D eigenvalue weighted by atomic mass is 16.1. The van der Waals surface area contributed by atoms with Crippen LogP contribution in [0.1, 0.15) is 39.5 Å². The molecule has 3 aliphatic carbocycles. The Bertz CT molecular complexity index is 285. The molecule has 4 atom stereocenters. The maximum atomic E-state index is 12.4. The molecule has 0 heterocycles. The zero-order valence-corrected chi connectivity index (χ0v) is 10.1. The first-order valence-corrected chi connectivity index (χ1v) is 6.65. The van der Waals surface area contributed by atoms with Gasteiger partial charge in [0.2, 0.25) is 0 Å². The van der Waals surface area contributed by atoms with Gasteiger partial charge in [-0.05, 0) is 37.5 Å². The lowest BCUT2D eigenvalue weighted by molar-refractivity contribution is -0.144. The van der Waals surface area contributed by atoms with Crippen LogP contribution in [0.5, 0.6) is 0 Å². The lowest BCUT2D eigenvalue weighted by Crippen LogP contribution is -2.42. The van der Waals surface area contributed by atoms with Crippen LogP contribution < -0.4 is 0 Å². The predicted molar refractivity (Wildman–Crippen MR) is 60.8 cm³/mol. The molecule has 2 heteroatoms. The van der Waals surface area contributed by atoms with E-state index < -0.39 is 0 Å². The number of Topliss-reactive ketones (excluding diaryl/α,β-unsaturated/α-hetero) is 2. The third-order valence-corrected chi connectivity index (χ3v) is 5.06. The first kappa shape index (κ1) is 10.5. The number of hydrogen-bond acceptors (Lipinski definition) is 2. The molecule has 0 bridgehead atoms. The number of hydrogen-bond donors (Lipinski definition) is 0. The number of ketones is 2. The van der Waals surface area contributed by atoms with Gasteiger partial charge in [0.05, 0.1) is 0 Å². The van der Waals surface area contributed by atoms with E-state index in [9.17, 15) is 9.59 Å². The van der Waals surface area contributed by atoms with Gasteiger partial charge in [-0.1, -0.05) is 13.8 Å². The van der Waals surface area contributed by atoms with Gasteiger partial charge < -0.3 is 0 Å². The van der Waals surface area contributed by atoms with Gasteiger partial charge in [0.1, 0.15) is 11.6 Å². The molecule has 4 unspecified atom stereocenters. The van der Waals surface area contributed by atoms with Gasteiger partial charge in [-0.25, -0.2) is 0 Å². The van der Waals surface area contributed by atoms with Crippen molar-refractivity contribution in [3.63, 3.8) is 0 Å². The molecular weight excluding hydrogens is 200 g/mol. The topological polar surface area (TPSA) is 34.1 Å². The zero-order valence-electron chi connectivity index (χ0n) is 10.1. The van der Waals surface area contributed by atoms with Crippen molar-refractivity contribution in [1.82, 2.24) is 0 Å². The minimum atomic E-state index is 0.0917. The van der Waals surface area contributed by atoms with E-state index in [-0.39, 0.29) is 23.7 Å². The van der Waals surface area contributed by atoms with Crippen LogP contribution in [0.4, 0.5) is 0 Å². The van der Waals surface area contributed by atoms with Crippen LogP contribution in [0.15, 0.2) is 0 Å². The standard InChI is InChI=1S/C14H20O2/c1-7-3-9-10(4-7)14(16)12-6-8(2)5-11(12)13(9)15/h7-12H,3-6H2,1-2H3. The van der Waals surface area contributed by atoms with E-state index in [0.29, 0.717) is 23.4 Å². The molecule has 0 amide bonds. The molecule has 3 aliphatic rings. The van der Waals surface area contributed by atoms with Crippen LogP contribution in [0.3, 0.4) is 0 Å². The van der Waals surface area contributed by atoms with E-state index in [0.717, 1.165) is 25.7 Å². The maximum Gasteiger partial charge on any atom is 0.140 e. The van der Waals surface area contributed by atoms with Gasteiger partial charge in [-0.15, -0.1) is 0 Å². The number of rotatable bonds is 0. The van der Waals surface area contributed by atoms with Crippen molar-refractivity contribution < 1.29 is 9.59 Å². The van der Waals surface area contributed by atoms with Crippen molar-refractivity contribution in [3.8, 4) is 0 Å². The molecule has 0 spiro atoms. The van der Waals surface area contributed by atoms with Crippen molar-refractivity contribution in [1.29, 1.82) is 0 Å². The molecule has 0 aliphatic heterocycles. The Morgan fingerprint density at radius 3 is 1.19 bits per heavy atom. The van der Waals surface area contributed by atoms with E-state index >= 15 is 0 Å². The first-order chi connectivity index (χ1) is 7.58. The van der Waals surface area contributed by atoms with Gasteiger partial charge >= 0.3 is 0 Å². The Kier molecular flexibility index (Phi) is 2.24. The molecule has 3 fully saturated rings. The van der Waals surface area contributed by atoms with Crippen molar-refractivity contribution in [2.45, 2.75) is 39.5 Å². The fraction of sp³-hybridized carbons (Fsp3) is 0.857. The van der Waals surface area contributed by atoms with Crippen LogP contribution in [0.2, 0.25) is 0 Å². The molecule has 0 aromatic carbocycles. The summed E-state index contributed by atoms with van der Waals surface area (Å²) in [6.07, 6.45) is 3.86. The summed E-state index contributed by atoms with van der Waals surface area (Å²) in [5.74, 6) is 2.37. The highest BCUT2D eigenvalue weighted by Crippen LogP contribution is 2.51. The molecule has 16 heavy (non-hydrogen) atoms. The van der Waals surface area contributed by atoms with Crippen molar-refractivity contribution in [3.05, 3.63) is 0 Å². The molecule has 88 valence electrons. The molecule has 0 saturated heterocycles. The lowest BCUT2D eigenvalue weighted by Gasteiger charge is -2.32. The number of carbonyl (C=O) groups excluding carboxylic acids is 2. The zero-order chi connectivity index (χ0) is 11.4. The highest BCUT2D eigenvalue weighted by Gasteiger charge is 2.54. The predicted octanol–water partition coefficient (Wildman–Crippen LogP) is 2.46. The molecule has 3 rings (SSSR count). The summed E-state index contributed by atoms with van der Waals surface area (Å²) in [4.78, 5) is 24.7. The molecule has 0 aromatic heterocycles. The molecule has 0 aromatic rings. The van der Waals surface area contributed by atoms with E-state index in [1.54, 1.807) is 0 Å². The summed E-state index contributed by atoms with van der Waals surface area (Å²) in [5, 5.41) is 0. The van der Waals surface area contributed by atoms with E-state index in [1.807, 2.05) is 0 Å². The van der Waals surface area contributed by atoms with Crippen LogP contribution >= 0.6 is 0 Å². The van der Waals surface area contributed by atoms with Gasteiger partial charge in [0, 0.05) is 23.7 Å². The summed E-state index contributed by atoms with van der Waals surface area (Å²) in [6.45, 7) is 4.36. The summed E-state index contributed by atoms with van der Waals surface area (Å²) in [6, 6.07) is 0. The van der Waals surface area contributed by atoms with E-state index in [2.05, 4.69) is 13.8 Å².